The van der Waals surface area contributed by atoms with Crippen molar-refractivity contribution >= 4 is 0 Å². The number of aromatic nitrogens is 3. The molecular weight excluding hydrogens is 200 g/mol. The molecule has 0 aromatic carbocycles. The van der Waals surface area contributed by atoms with Crippen LogP contribution in [0.15, 0.2) is 36.7 Å². The van der Waals surface area contributed by atoms with Crippen molar-refractivity contribution in [3.63, 3.8) is 0 Å². The molecule has 2 N–H and O–H groups in total. The molecule has 2 aromatic heterocycles. The fourth-order valence-corrected chi connectivity index (χ4v) is 1.63. The van der Waals surface area contributed by atoms with Crippen molar-refractivity contribution in [1.29, 1.82) is 0 Å². The Hall–Kier alpha value is -1.68. The molecule has 0 saturated heterocycles. The maximum atomic E-state index is 6.05. The molecule has 0 aliphatic heterocycles. The molecule has 16 heavy (non-hydrogen) atoms. The van der Waals surface area contributed by atoms with Gasteiger partial charge in [-0.3, -0.25) is 9.67 Å². The average molecular weight is 216 g/mol. The van der Waals surface area contributed by atoms with Crippen molar-refractivity contribution in [3.8, 4) is 0 Å². The van der Waals surface area contributed by atoms with Gasteiger partial charge in [0.05, 0.1) is 5.69 Å². The number of rotatable bonds is 4. The summed E-state index contributed by atoms with van der Waals surface area (Å²) in [5.41, 5.74) is 8.07. The Morgan fingerprint density at radius 2 is 2.25 bits per heavy atom. The van der Waals surface area contributed by atoms with Gasteiger partial charge in [0.1, 0.15) is 0 Å². The molecule has 4 heteroatoms. The zero-order valence-electron chi connectivity index (χ0n) is 9.37. The summed E-state index contributed by atoms with van der Waals surface area (Å²) in [5.74, 6) is 0. The molecule has 2 rings (SSSR count). The van der Waals surface area contributed by atoms with E-state index in [1.807, 2.05) is 43.7 Å². The van der Waals surface area contributed by atoms with Crippen LogP contribution in [-0.4, -0.2) is 14.8 Å². The van der Waals surface area contributed by atoms with E-state index in [0.717, 1.165) is 24.2 Å². The van der Waals surface area contributed by atoms with Crippen LogP contribution in [-0.2, 0) is 13.5 Å². The van der Waals surface area contributed by atoms with Crippen LogP contribution in [0.4, 0.5) is 0 Å². The van der Waals surface area contributed by atoms with E-state index in [-0.39, 0.29) is 6.04 Å². The first kappa shape index (κ1) is 10.8. The molecule has 0 aliphatic rings. The highest BCUT2D eigenvalue weighted by Crippen LogP contribution is 2.13. The van der Waals surface area contributed by atoms with Crippen molar-refractivity contribution in [3.05, 3.63) is 48.0 Å². The second-order valence-electron chi connectivity index (χ2n) is 3.88. The first-order valence-corrected chi connectivity index (χ1v) is 5.41. The summed E-state index contributed by atoms with van der Waals surface area (Å²) in [6.45, 7) is 0. The fraction of sp³-hybridized carbons (Fsp3) is 0.333. The molecule has 2 aromatic rings. The minimum Gasteiger partial charge on any atom is -0.323 e. The topological polar surface area (TPSA) is 56.7 Å². The number of hydrogen-bond donors (Lipinski definition) is 1. The second-order valence-corrected chi connectivity index (χ2v) is 3.88. The monoisotopic (exact) mass is 216 g/mol. The second kappa shape index (κ2) is 4.90. The van der Waals surface area contributed by atoms with Crippen LogP contribution >= 0.6 is 0 Å². The van der Waals surface area contributed by atoms with E-state index in [9.17, 15) is 0 Å². The van der Waals surface area contributed by atoms with E-state index >= 15 is 0 Å². The van der Waals surface area contributed by atoms with Gasteiger partial charge in [0, 0.05) is 31.2 Å². The summed E-state index contributed by atoms with van der Waals surface area (Å²) < 4.78 is 1.77. The highest BCUT2D eigenvalue weighted by atomic mass is 15.3. The van der Waals surface area contributed by atoms with Gasteiger partial charge in [-0.1, -0.05) is 6.07 Å². The van der Waals surface area contributed by atoms with Gasteiger partial charge < -0.3 is 5.73 Å². The van der Waals surface area contributed by atoms with Crippen LogP contribution in [0.1, 0.15) is 23.9 Å². The molecule has 0 spiro atoms. The lowest BCUT2D eigenvalue weighted by molar-refractivity contribution is 0.608. The molecule has 4 nitrogen and oxygen atoms in total. The van der Waals surface area contributed by atoms with E-state index in [1.54, 1.807) is 4.68 Å². The zero-order valence-corrected chi connectivity index (χ0v) is 9.37. The fourth-order valence-electron chi connectivity index (χ4n) is 1.63. The lowest BCUT2D eigenvalue weighted by Crippen LogP contribution is -2.12. The molecule has 0 radical (unpaired) electrons. The van der Waals surface area contributed by atoms with E-state index < -0.39 is 0 Å². The van der Waals surface area contributed by atoms with Crippen LogP contribution in [0.25, 0.3) is 0 Å². The molecule has 0 bridgehead atoms. The molecule has 1 unspecified atom stereocenters. The Bertz CT molecular complexity index is 435. The van der Waals surface area contributed by atoms with E-state index in [0.29, 0.717) is 0 Å². The summed E-state index contributed by atoms with van der Waals surface area (Å²) in [4.78, 5) is 4.27. The van der Waals surface area contributed by atoms with Crippen LogP contribution in [0, 0.1) is 0 Å². The van der Waals surface area contributed by atoms with Crippen LogP contribution in [0.2, 0.25) is 0 Å². The summed E-state index contributed by atoms with van der Waals surface area (Å²) in [5, 5.41) is 4.29. The zero-order chi connectivity index (χ0) is 11.4. The first-order chi connectivity index (χ1) is 7.75. The Kier molecular flexibility index (Phi) is 3.31. The van der Waals surface area contributed by atoms with Crippen LogP contribution < -0.4 is 5.73 Å². The van der Waals surface area contributed by atoms with Gasteiger partial charge in [0.15, 0.2) is 0 Å². The largest absolute Gasteiger partial charge is 0.323 e. The van der Waals surface area contributed by atoms with E-state index in [1.165, 1.54) is 0 Å². The number of nitrogens with zero attached hydrogens (tertiary/aromatic N) is 3. The molecule has 2 heterocycles. The lowest BCUT2D eigenvalue weighted by Gasteiger charge is -2.07. The third-order valence-corrected chi connectivity index (χ3v) is 2.55. The number of hydrogen-bond acceptors (Lipinski definition) is 3. The Morgan fingerprint density at radius 3 is 2.88 bits per heavy atom. The smallest absolute Gasteiger partial charge is 0.0791 e. The minimum atomic E-state index is -0.0109. The summed E-state index contributed by atoms with van der Waals surface area (Å²) >= 11 is 0. The molecule has 0 saturated carbocycles. The van der Waals surface area contributed by atoms with Gasteiger partial charge in [-0.05, 0) is 31.0 Å². The van der Waals surface area contributed by atoms with Gasteiger partial charge in [-0.25, -0.2) is 0 Å². The van der Waals surface area contributed by atoms with E-state index in [4.69, 9.17) is 5.73 Å². The summed E-state index contributed by atoms with van der Waals surface area (Å²) in [6.07, 6.45) is 5.48. The highest BCUT2D eigenvalue weighted by molar-refractivity contribution is 5.07. The number of aryl methyl sites for hydroxylation is 2. The average Bonchev–Trinajstić information content (AvgIpc) is 2.74. The standard InChI is InChI=1S/C12H16N4/c1-16-9-7-12(15-16)11(13)6-5-10-4-2-3-8-14-10/h2-4,7-9,11H,5-6,13H2,1H3. The number of pyridine rings is 1. The van der Waals surface area contributed by atoms with Gasteiger partial charge in [0.25, 0.3) is 0 Å². The van der Waals surface area contributed by atoms with Gasteiger partial charge in [-0.15, -0.1) is 0 Å². The predicted molar refractivity (Wildman–Crippen MR) is 62.7 cm³/mol. The molecule has 0 amide bonds. The van der Waals surface area contributed by atoms with Crippen LogP contribution in [0.3, 0.4) is 0 Å². The third-order valence-electron chi connectivity index (χ3n) is 2.55. The molecular formula is C12H16N4. The number of nitrogens with two attached hydrogens (primary N) is 1. The van der Waals surface area contributed by atoms with Crippen molar-refractivity contribution in [2.45, 2.75) is 18.9 Å². The Labute approximate surface area is 95.1 Å². The SMILES string of the molecule is Cn1ccc(C(N)CCc2ccccn2)n1. The predicted octanol–water partition coefficient (Wildman–Crippen LogP) is 1.45. The van der Waals surface area contributed by atoms with E-state index in [2.05, 4.69) is 10.1 Å². The maximum Gasteiger partial charge on any atom is 0.0791 e. The lowest BCUT2D eigenvalue weighted by atomic mass is 10.1. The van der Waals surface area contributed by atoms with Gasteiger partial charge in [0.2, 0.25) is 0 Å². The normalized spacial score (nSPS) is 12.6. The highest BCUT2D eigenvalue weighted by Gasteiger charge is 2.09. The van der Waals surface area contributed by atoms with Crippen molar-refractivity contribution < 1.29 is 0 Å². The molecule has 0 fully saturated rings. The van der Waals surface area contributed by atoms with Crippen molar-refractivity contribution in [1.82, 2.24) is 14.8 Å². The third kappa shape index (κ3) is 2.67. The summed E-state index contributed by atoms with van der Waals surface area (Å²) in [6, 6.07) is 7.88. The van der Waals surface area contributed by atoms with Crippen molar-refractivity contribution in [2.75, 3.05) is 0 Å². The Morgan fingerprint density at radius 1 is 1.38 bits per heavy atom. The Balaban J connectivity index is 1.91. The minimum absolute atomic E-state index is 0.0109. The maximum absolute atomic E-state index is 6.05. The van der Waals surface area contributed by atoms with Gasteiger partial charge in [-0.2, -0.15) is 5.10 Å². The van der Waals surface area contributed by atoms with Crippen molar-refractivity contribution in [2.24, 2.45) is 12.8 Å². The molecule has 1 atom stereocenters. The molecule has 0 aliphatic carbocycles. The summed E-state index contributed by atoms with van der Waals surface area (Å²) in [7, 11) is 1.90. The quantitative estimate of drug-likeness (QED) is 0.841. The first-order valence-electron chi connectivity index (χ1n) is 5.41. The van der Waals surface area contributed by atoms with Gasteiger partial charge >= 0.3 is 0 Å². The molecule has 84 valence electrons. The van der Waals surface area contributed by atoms with Crippen LogP contribution in [0.5, 0.6) is 0 Å².